The molecule has 0 atom stereocenters. The maximum Gasteiger partial charge on any atom is 0.143 e. The second-order valence-corrected chi connectivity index (χ2v) is 5.15. The molecule has 0 fully saturated rings. The Morgan fingerprint density at radius 2 is 2.10 bits per heavy atom. The quantitative estimate of drug-likeness (QED) is 0.803. The predicted molar refractivity (Wildman–Crippen MR) is 82.7 cm³/mol. The lowest BCUT2D eigenvalue weighted by atomic mass is 10.1. The molecule has 0 radical (unpaired) electrons. The summed E-state index contributed by atoms with van der Waals surface area (Å²) in [4.78, 5) is 0. The third-order valence-electron chi connectivity index (χ3n) is 3.19. The van der Waals surface area contributed by atoms with E-state index in [0.29, 0.717) is 6.54 Å². The molecule has 3 aromatic rings. The van der Waals surface area contributed by atoms with E-state index in [-0.39, 0.29) is 0 Å². The van der Waals surface area contributed by atoms with Crippen LogP contribution in [0.25, 0.3) is 5.69 Å². The van der Waals surface area contributed by atoms with Crippen molar-refractivity contribution in [2.75, 3.05) is 5.32 Å². The van der Waals surface area contributed by atoms with Crippen LogP contribution in [-0.2, 0) is 6.54 Å². The second-order valence-electron chi connectivity index (χ2n) is 4.74. The van der Waals surface area contributed by atoms with Gasteiger partial charge in [-0.1, -0.05) is 29.8 Å². The molecule has 3 rings (SSSR count). The molecule has 2 aromatic carbocycles. The van der Waals surface area contributed by atoms with Crippen molar-refractivity contribution in [1.82, 2.24) is 20.2 Å². The lowest BCUT2D eigenvalue weighted by Crippen LogP contribution is -2.01. The largest absolute Gasteiger partial charge is 0.381 e. The summed E-state index contributed by atoms with van der Waals surface area (Å²) >= 11 is 6.14. The summed E-state index contributed by atoms with van der Waals surface area (Å²) < 4.78 is 1.62. The Balaban J connectivity index is 1.73. The Bertz CT molecular complexity index is 740. The van der Waals surface area contributed by atoms with E-state index < -0.39 is 0 Å². The summed E-state index contributed by atoms with van der Waals surface area (Å²) in [5.74, 6) is 0. The first-order valence-corrected chi connectivity index (χ1v) is 6.92. The smallest absolute Gasteiger partial charge is 0.143 e. The van der Waals surface area contributed by atoms with E-state index in [1.54, 1.807) is 11.0 Å². The maximum absolute atomic E-state index is 6.14. The summed E-state index contributed by atoms with van der Waals surface area (Å²) in [5.41, 5.74) is 4.13. The van der Waals surface area contributed by atoms with Crippen LogP contribution in [0.4, 0.5) is 5.69 Å². The number of halogens is 1. The molecule has 1 N–H and O–H groups in total. The summed E-state index contributed by atoms with van der Waals surface area (Å²) in [6.07, 6.45) is 1.57. The summed E-state index contributed by atoms with van der Waals surface area (Å²) in [7, 11) is 0. The third kappa shape index (κ3) is 3.20. The van der Waals surface area contributed by atoms with Crippen LogP contribution >= 0.6 is 11.6 Å². The third-order valence-corrected chi connectivity index (χ3v) is 3.60. The average Bonchev–Trinajstić information content (AvgIpc) is 3.03. The normalized spacial score (nSPS) is 10.6. The summed E-state index contributed by atoms with van der Waals surface area (Å²) in [5, 5.41) is 15.3. The zero-order chi connectivity index (χ0) is 14.7. The number of rotatable bonds is 4. The molecule has 0 unspecified atom stereocenters. The lowest BCUT2D eigenvalue weighted by Gasteiger charge is -2.09. The number of aryl methyl sites for hydroxylation is 1. The molecule has 21 heavy (non-hydrogen) atoms. The van der Waals surface area contributed by atoms with Gasteiger partial charge in [-0.3, -0.25) is 0 Å². The van der Waals surface area contributed by atoms with Gasteiger partial charge in [0.25, 0.3) is 0 Å². The molecule has 0 spiro atoms. The van der Waals surface area contributed by atoms with Crippen LogP contribution < -0.4 is 5.32 Å². The molecule has 0 saturated carbocycles. The Morgan fingerprint density at radius 3 is 2.86 bits per heavy atom. The Kier molecular flexibility index (Phi) is 3.83. The van der Waals surface area contributed by atoms with Gasteiger partial charge < -0.3 is 5.32 Å². The first kappa shape index (κ1) is 13.6. The van der Waals surface area contributed by atoms with E-state index in [9.17, 15) is 0 Å². The van der Waals surface area contributed by atoms with Crippen LogP contribution in [0.1, 0.15) is 11.1 Å². The molecule has 1 aromatic heterocycles. The van der Waals surface area contributed by atoms with Crippen molar-refractivity contribution in [1.29, 1.82) is 0 Å². The van der Waals surface area contributed by atoms with E-state index in [1.165, 1.54) is 0 Å². The Labute approximate surface area is 127 Å². The zero-order valence-corrected chi connectivity index (χ0v) is 12.2. The number of aromatic nitrogens is 4. The molecule has 106 valence electrons. The highest BCUT2D eigenvalue weighted by atomic mass is 35.5. The molecule has 0 amide bonds. The molecule has 0 aliphatic rings. The highest BCUT2D eigenvalue weighted by molar-refractivity contribution is 6.31. The zero-order valence-electron chi connectivity index (χ0n) is 11.5. The minimum absolute atomic E-state index is 0.707. The van der Waals surface area contributed by atoms with Gasteiger partial charge in [0, 0.05) is 17.3 Å². The van der Waals surface area contributed by atoms with Crippen molar-refractivity contribution in [3.8, 4) is 5.69 Å². The molecule has 0 aliphatic heterocycles. The van der Waals surface area contributed by atoms with Crippen LogP contribution in [0.15, 0.2) is 48.8 Å². The van der Waals surface area contributed by atoms with Gasteiger partial charge in [0.05, 0.1) is 5.69 Å². The van der Waals surface area contributed by atoms with E-state index in [0.717, 1.165) is 27.5 Å². The summed E-state index contributed by atoms with van der Waals surface area (Å²) in [6.45, 7) is 2.70. The van der Waals surface area contributed by atoms with Gasteiger partial charge in [-0.15, -0.1) is 5.10 Å². The summed E-state index contributed by atoms with van der Waals surface area (Å²) in [6, 6.07) is 14.0. The fourth-order valence-corrected chi connectivity index (χ4v) is 2.19. The first-order chi connectivity index (χ1) is 10.2. The number of hydrogen-bond acceptors (Lipinski definition) is 4. The monoisotopic (exact) mass is 299 g/mol. The van der Waals surface area contributed by atoms with Gasteiger partial charge in [0.1, 0.15) is 6.33 Å². The van der Waals surface area contributed by atoms with Gasteiger partial charge >= 0.3 is 0 Å². The van der Waals surface area contributed by atoms with Gasteiger partial charge in [0.2, 0.25) is 0 Å². The Morgan fingerprint density at radius 1 is 1.19 bits per heavy atom. The molecular weight excluding hydrogens is 286 g/mol. The molecule has 0 bridgehead atoms. The molecule has 5 nitrogen and oxygen atoms in total. The molecule has 1 heterocycles. The number of benzene rings is 2. The lowest BCUT2D eigenvalue weighted by molar-refractivity contribution is 0.789. The van der Waals surface area contributed by atoms with Gasteiger partial charge in [-0.05, 0) is 52.7 Å². The highest BCUT2D eigenvalue weighted by Gasteiger charge is 2.01. The van der Waals surface area contributed by atoms with Crippen molar-refractivity contribution in [2.45, 2.75) is 13.5 Å². The van der Waals surface area contributed by atoms with Crippen molar-refractivity contribution in [2.24, 2.45) is 0 Å². The van der Waals surface area contributed by atoms with Crippen LogP contribution in [-0.4, -0.2) is 20.2 Å². The molecule has 6 heteroatoms. The first-order valence-electron chi connectivity index (χ1n) is 6.55. The number of nitrogens with zero attached hydrogens (tertiary/aromatic N) is 4. The van der Waals surface area contributed by atoms with Crippen molar-refractivity contribution < 1.29 is 0 Å². The predicted octanol–water partition coefficient (Wildman–Crippen LogP) is 3.24. The average molecular weight is 300 g/mol. The van der Waals surface area contributed by atoms with Crippen molar-refractivity contribution in [3.63, 3.8) is 0 Å². The Hall–Kier alpha value is -2.40. The second kappa shape index (κ2) is 5.93. The minimum Gasteiger partial charge on any atom is -0.381 e. The highest BCUT2D eigenvalue weighted by Crippen LogP contribution is 2.18. The van der Waals surface area contributed by atoms with Crippen molar-refractivity contribution in [3.05, 3.63) is 64.9 Å². The SMILES string of the molecule is Cc1ccc(CNc2cccc(-n3cnnn3)c2)cc1Cl. The van der Waals surface area contributed by atoms with Crippen LogP contribution in [0, 0.1) is 6.92 Å². The van der Waals surface area contributed by atoms with E-state index in [1.807, 2.05) is 43.3 Å². The molecule has 0 saturated heterocycles. The van der Waals surface area contributed by atoms with E-state index in [4.69, 9.17) is 11.6 Å². The minimum atomic E-state index is 0.707. The number of nitrogens with one attached hydrogen (secondary N) is 1. The van der Waals surface area contributed by atoms with Crippen LogP contribution in [0.2, 0.25) is 5.02 Å². The number of hydrogen-bond donors (Lipinski definition) is 1. The van der Waals surface area contributed by atoms with Gasteiger partial charge in [0.15, 0.2) is 0 Å². The number of tetrazole rings is 1. The fraction of sp³-hybridized carbons (Fsp3) is 0.133. The fourth-order valence-electron chi connectivity index (χ4n) is 1.99. The molecular formula is C15H14ClN5. The van der Waals surface area contributed by atoms with E-state index >= 15 is 0 Å². The van der Waals surface area contributed by atoms with Crippen LogP contribution in [0.3, 0.4) is 0 Å². The standard InChI is InChI=1S/C15H14ClN5/c1-11-5-6-12(7-15(11)16)9-17-13-3-2-4-14(8-13)21-10-18-19-20-21/h2-8,10,17H,9H2,1H3. The topological polar surface area (TPSA) is 55.6 Å². The maximum atomic E-state index is 6.14. The van der Waals surface area contributed by atoms with Gasteiger partial charge in [-0.25, -0.2) is 4.68 Å². The van der Waals surface area contributed by atoms with Gasteiger partial charge in [-0.2, -0.15) is 0 Å². The van der Waals surface area contributed by atoms with Crippen LogP contribution in [0.5, 0.6) is 0 Å². The van der Waals surface area contributed by atoms with Crippen molar-refractivity contribution >= 4 is 17.3 Å². The number of anilines is 1. The van der Waals surface area contributed by atoms with E-state index in [2.05, 4.69) is 26.9 Å². The molecule has 0 aliphatic carbocycles.